The van der Waals surface area contributed by atoms with Gasteiger partial charge in [0.1, 0.15) is 0 Å². The molecule has 178 valence electrons. The normalized spacial score (nSPS) is 11.5. The van der Waals surface area contributed by atoms with Crippen LogP contribution in [-0.4, -0.2) is 15.7 Å². The molecule has 1 amide bonds. The van der Waals surface area contributed by atoms with Gasteiger partial charge in [-0.2, -0.15) is 5.10 Å². The zero-order valence-corrected chi connectivity index (χ0v) is 22.1. The van der Waals surface area contributed by atoms with Gasteiger partial charge in [0.2, 0.25) is 5.91 Å². The van der Waals surface area contributed by atoms with Crippen LogP contribution in [0.15, 0.2) is 60.7 Å². The fourth-order valence-corrected chi connectivity index (χ4v) is 5.00. The van der Waals surface area contributed by atoms with Gasteiger partial charge in [0.05, 0.1) is 34.4 Å². The van der Waals surface area contributed by atoms with Crippen LogP contribution >= 0.6 is 11.3 Å². The number of hydrogen-bond acceptors (Lipinski definition) is 3. The Morgan fingerprint density at radius 2 is 1.71 bits per heavy atom. The minimum Gasteiger partial charge on any atom is -0.349 e. The summed E-state index contributed by atoms with van der Waals surface area (Å²) in [6.45, 7) is 14.4. The van der Waals surface area contributed by atoms with Crippen molar-refractivity contribution in [3.63, 3.8) is 0 Å². The van der Waals surface area contributed by atoms with Crippen molar-refractivity contribution in [1.82, 2.24) is 15.1 Å². The second-order valence-electron chi connectivity index (χ2n) is 8.41. The van der Waals surface area contributed by atoms with E-state index in [1.165, 1.54) is 10.4 Å². The molecule has 0 saturated heterocycles. The minimum atomic E-state index is -0.0511. The summed E-state index contributed by atoms with van der Waals surface area (Å²) in [6, 6.07) is 20.6. The Bertz CT molecular complexity index is 1250. The average molecular weight is 474 g/mol. The topological polar surface area (TPSA) is 46.9 Å². The third-order valence-electron chi connectivity index (χ3n) is 5.78. The Balaban J connectivity index is 0.00000158. The lowest BCUT2D eigenvalue weighted by atomic mass is 10.1. The van der Waals surface area contributed by atoms with Gasteiger partial charge in [-0.15, -0.1) is 11.3 Å². The summed E-state index contributed by atoms with van der Waals surface area (Å²) in [7, 11) is 0. The summed E-state index contributed by atoms with van der Waals surface area (Å²) in [4.78, 5) is 15.3. The van der Waals surface area contributed by atoms with Gasteiger partial charge in [-0.05, 0) is 63.9 Å². The predicted octanol–water partition coefficient (Wildman–Crippen LogP) is 7.28. The molecule has 0 aliphatic carbocycles. The Labute approximate surface area is 207 Å². The maximum Gasteiger partial charge on any atom is 0.226 e. The van der Waals surface area contributed by atoms with Crippen LogP contribution in [0.5, 0.6) is 0 Å². The molecule has 0 fully saturated rings. The molecule has 4 aromatic rings. The van der Waals surface area contributed by atoms with Crippen LogP contribution in [0.1, 0.15) is 59.6 Å². The van der Waals surface area contributed by atoms with Crippen LogP contribution in [0, 0.1) is 27.7 Å². The van der Waals surface area contributed by atoms with Crippen LogP contribution < -0.4 is 5.32 Å². The zero-order valence-electron chi connectivity index (χ0n) is 21.3. The quantitative estimate of drug-likeness (QED) is 0.320. The summed E-state index contributed by atoms with van der Waals surface area (Å²) in [6.07, 6.45) is 0.248. The Morgan fingerprint density at radius 3 is 2.32 bits per heavy atom. The van der Waals surface area contributed by atoms with Gasteiger partial charge in [-0.3, -0.25) is 4.79 Å². The first-order valence-corrected chi connectivity index (χ1v) is 12.7. The number of nitrogens with one attached hydrogen (secondary N) is 1. The van der Waals surface area contributed by atoms with E-state index in [0.717, 1.165) is 38.6 Å². The molecule has 0 saturated carbocycles. The molecule has 1 atom stereocenters. The minimum absolute atomic E-state index is 0.0244. The molecule has 0 unspecified atom stereocenters. The van der Waals surface area contributed by atoms with Crippen LogP contribution in [0.25, 0.3) is 16.3 Å². The number of thiophene rings is 1. The lowest BCUT2D eigenvalue weighted by molar-refractivity contribution is -0.121. The number of aryl methyl sites for hydroxylation is 3. The average Bonchev–Trinajstić information content (AvgIpc) is 3.38. The largest absolute Gasteiger partial charge is 0.349 e. The van der Waals surface area contributed by atoms with Crippen molar-refractivity contribution < 1.29 is 4.79 Å². The van der Waals surface area contributed by atoms with Crippen LogP contribution in [-0.2, 0) is 11.2 Å². The van der Waals surface area contributed by atoms with E-state index in [0.29, 0.717) is 0 Å². The summed E-state index contributed by atoms with van der Waals surface area (Å²) >= 11 is 1.75. The molecule has 4 rings (SSSR count). The maximum atomic E-state index is 12.9. The highest BCUT2D eigenvalue weighted by Crippen LogP contribution is 2.34. The van der Waals surface area contributed by atoms with Gasteiger partial charge in [0, 0.05) is 10.4 Å². The fourth-order valence-electron chi connectivity index (χ4n) is 4.05. The number of carbonyl (C=O) groups is 1. The Morgan fingerprint density at radius 1 is 1.00 bits per heavy atom. The SMILES string of the molecule is CC.Cc1ccc(-n2nc(CC(=O)N[C@H](C)c3ccccc3)c(C)c2-c2ccc(C)s2)c(C)c1. The van der Waals surface area contributed by atoms with Crippen molar-refractivity contribution >= 4 is 17.2 Å². The number of amides is 1. The number of aromatic nitrogens is 2. The first-order chi connectivity index (χ1) is 16.3. The molecule has 0 bridgehead atoms. The van der Waals surface area contributed by atoms with Gasteiger partial charge in [-0.25, -0.2) is 4.68 Å². The van der Waals surface area contributed by atoms with E-state index in [1.807, 2.05) is 55.8 Å². The molecule has 0 radical (unpaired) electrons. The molecule has 5 heteroatoms. The first-order valence-electron chi connectivity index (χ1n) is 11.9. The van der Waals surface area contributed by atoms with Crippen LogP contribution in [0.3, 0.4) is 0 Å². The smallest absolute Gasteiger partial charge is 0.226 e. The molecular formula is C29H35N3OS. The first kappa shape index (κ1) is 25.4. The number of rotatable bonds is 6. The molecule has 1 N–H and O–H groups in total. The van der Waals surface area contributed by atoms with E-state index in [1.54, 1.807) is 11.3 Å². The second kappa shape index (κ2) is 11.3. The number of nitrogens with zero attached hydrogens (tertiary/aromatic N) is 2. The van der Waals surface area contributed by atoms with Gasteiger partial charge in [0.15, 0.2) is 0 Å². The van der Waals surface area contributed by atoms with Crippen molar-refractivity contribution in [2.75, 3.05) is 0 Å². The third kappa shape index (κ3) is 5.65. The second-order valence-corrected chi connectivity index (χ2v) is 9.70. The number of carbonyl (C=O) groups excluding carboxylic acids is 1. The Kier molecular flexibility index (Phi) is 8.46. The third-order valence-corrected chi connectivity index (χ3v) is 6.79. The molecule has 2 aromatic carbocycles. The van der Waals surface area contributed by atoms with E-state index in [-0.39, 0.29) is 18.4 Å². The van der Waals surface area contributed by atoms with E-state index < -0.39 is 0 Å². The van der Waals surface area contributed by atoms with Gasteiger partial charge in [0.25, 0.3) is 0 Å². The predicted molar refractivity (Wildman–Crippen MR) is 144 cm³/mol. The lowest BCUT2D eigenvalue weighted by Crippen LogP contribution is -2.28. The van der Waals surface area contributed by atoms with E-state index >= 15 is 0 Å². The molecule has 0 spiro atoms. The van der Waals surface area contributed by atoms with E-state index in [9.17, 15) is 4.79 Å². The maximum absolute atomic E-state index is 12.9. The summed E-state index contributed by atoms with van der Waals surface area (Å²) in [5.74, 6) is -0.0244. The fraction of sp³-hybridized carbons (Fsp3) is 0.310. The van der Waals surface area contributed by atoms with E-state index in [2.05, 4.69) is 63.3 Å². The number of benzene rings is 2. The highest BCUT2D eigenvalue weighted by Gasteiger charge is 2.22. The van der Waals surface area contributed by atoms with Crippen molar-refractivity contribution in [2.24, 2.45) is 0 Å². The highest BCUT2D eigenvalue weighted by molar-refractivity contribution is 7.15. The molecular weight excluding hydrogens is 438 g/mol. The van der Waals surface area contributed by atoms with Crippen molar-refractivity contribution in [2.45, 2.75) is 60.9 Å². The molecule has 2 aromatic heterocycles. The van der Waals surface area contributed by atoms with Gasteiger partial charge >= 0.3 is 0 Å². The molecule has 4 nitrogen and oxygen atoms in total. The molecule has 34 heavy (non-hydrogen) atoms. The Hall–Kier alpha value is -3.18. The van der Waals surface area contributed by atoms with Crippen molar-refractivity contribution in [1.29, 1.82) is 0 Å². The summed E-state index contributed by atoms with van der Waals surface area (Å²) in [5.41, 5.74) is 7.44. The molecule has 2 heterocycles. The van der Waals surface area contributed by atoms with Crippen LogP contribution in [0.4, 0.5) is 0 Å². The molecule has 0 aliphatic rings. The monoisotopic (exact) mass is 473 g/mol. The standard InChI is InChI=1S/C27H29N3OS.C2H6/c1-17-11-13-24(18(2)15-17)30-27(25-14-12-19(3)32-25)20(4)23(29-30)16-26(31)28-21(5)22-9-7-6-8-10-22;1-2/h6-15,21H,16H2,1-5H3,(H,28,31);1-2H3/t21-;/m1./s1. The molecule has 0 aliphatic heterocycles. The van der Waals surface area contributed by atoms with Gasteiger partial charge < -0.3 is 5.32 Å². The van der Waals surface area contributed by atoms with E-state index in [4.69, 9.17) is 5.10 Å². The van der Waals surface area contributed by atoms with Gasteiger partial charge in [-0.1, -0.05) is 61.9 Å². The van der Waals surface area contributed by atoms with Crippen molar-refractivity contribution in [3.05, 3.63) is 93.5 Å². The lowest BCUT2D eigenvalue weighted by Gasteiger charge is -2.14. The summed E-state index contributed by atoms with van der Waals surface area (Å²) in [5, 5.41) is 8.06. The number of hydrogen-bond donors (Lipinski definition) is 1. The zero-order chi connectivity index (χ0) is 24.8. The highest BCUT2D eigenvalue weighted by atomic mass is 32.1. The summed E-state index contributed by atoms with van der Waals surface area (Å²) < 4.78 is 2.01. The van der Waals surface area contributed by atoms with Crippen molar-refractivity contribution in [3.8, 4) is 16.3 Å². The van der Waals surface area contributed by atoms with Crippen LogP contribution in [0.2, 0.25) is 0 Å².